The van der Waals surface area contributed by atoms with Gasteiger partial charge in [0.05, 0.1) is 32.1 Å². The summed E-state index contributed by atoms with van der Waals surface area (Å²) in [5.74, 6) is -1.23. The van der Waals surface area contributed by atoms with Gasteiger partial charge in [-0.3, -0.25) is 4.79 Å². The molecule has 0 aliphatic carbocycles. The number of carbonyl (C=O) groups is 2. The maximum atomic E-state index is 12.6. The molecule has 11 heteroatoms. The number of rotatable bonds is 5. The van der Waals surface area contributed by atoms with Crippen molar-refractivity contribution in [2.45, 2.75) is 6.92 Å². The molecule has 0 atom stereocenters. The lowest BCUT2D eigenvalue weighted by atomic mass is 10.3. The molecule has 0 saturated heterocycles. The third-order valence-electron chi connectivity index (χ3n) is 4.43. The number of halogens is 4. The fraction of sp³-hybridized carbons (Fsp3) is 0.0952. The third kappa shape index (κ3) is 4.58. The normalized spacial score (nSPS) is 11.0. The molecule has 0 unspecified atom stereocenters. The highest BCUT2D eigenvalue weighted by Crippen LogP contribution is 2.34. The topological polar surface area (TPSA) is 73.2 Å². The number of para-hydroxylation sites is 1. The summed E-state index contributed by atoms with van der Waals surface area (Å²) in [4.78, 5) is 25.9. The molecule has 2 aromatic carbocycles. The number of fused-ring (bicyclic) bond motifs is 1. The summed E-state index contributed by atoms with van der Waals surface area (Å²) in [5.41, 5.74) is 1.63. The molecule has 32 heavy (non-hydrogen) atoms. The van der Waals surface area contributed by atoms with Crippen LogP contribution in [0.2, 0.25) is 20.1 Å². The molecule has 1 amide bonds. The number of hydrogen-bond acceptors (Lipinski definition) is 5. The molecule has 0 radical (unpaired) electrons. The largest absolute Gasteiger partial charge is 0.451 e. The van der Waals surface area contributed by atoms with E-state index in [-0.39, 0.29) is 15.7 Å². The van der Waals surface area contributed by atoms with Crippen LogP contribution >= 0.6 is 57.7 Å². The molecular weight excluding hydrogens is 516 g/mol. The number of thiophene rings is 1. The van der Waals surface area contributed by atoms with Crippen LogP contribution in [0.4, 0.5) is 5.69 Å². The van der Waals surface area contributed by atoms with Crippen LogP contribution in [-0.4, -0.2) is 28.3 Å². The van der Waals surface area contributed by atoms with Gasteiger partial charge < -0.3 is 10.1 Å². The van der Waals surface area contributed by atoms with Crippen molar-refractivity contribution in [3.63, 3.8) is 0 Å². The highest BCUT2D eigenvalue weighted by atomic mass is 35.5. The number of nitrogens with zero attached hydrogens (tertiary/aromatic N) is 2. The lowest BCUT2D eigenvalue weighted by molar-refractivity contribution is -0.119. The first-order chi connectivity index (χ1) is 15.2. The Balaban J connectivity index is 1.50. The van der Waals surface area contributed by atoms with Gasteiger partial charge in [-0.2, -0.15) is 5.10 Å². The molecule has 0 aliphatic heterocycles. The van der Waals surface area contributed by atoms with Gasteiger partial charge in [0.1, 0.15) is 9.71 Å². The Morgan fingerprint density at radius 1 is 1.06 bits per heavy atom. The van der Waals surface area contributed by atoms with Crippen LogP contribution in [0, 0.1) is 6.92 Å². The van der Waals surface area contributed by atoms with Gasteiger partial charge in [-0.25, -0.2) is 9.48 Å². The van der Waals surface area contributed by atoms with Crippen molar-refractivity contribution in [3.05, 3.63) is 73.1 Å². The zero-order valence-electron chi connectivity index (χ0n) is 16.3. The molecular formula is C21H13Cl4N3O3S. The van der Waals surface area contributed by atoms with Crippen molar-refractivity contribution in [1.29, 1.82) is 0 Å². The molecule has 164 valence electrons. The van der Waals surface area contributed by atoms with Crippen LogP contribution in [0.3, 0.4) is 0 Å². The van der Waals surface area contributed by atoms with Gasteiger partial charge in [-0.1, -0.05) is 58.5 Å². The minimum absolute atomic E-state index is 0.172. The number of nitrogens with one attached hydrogen (secondary N) is 1. The van der Waals surface area contributed by atoms with Gasteiger partial charge in [-0.15, -0.1) is 11.3 Å². The van der Waals surface area contributed by atoms with E-state index >= 15 is 0 Å². The van der Waals surface area contributed by atoms with E-state index in [1.165, 1.54) is 23.5 Å². The quantitative estimate of drug-likeness (QED) is 0.289. The number of hydrogen-bond donors (Lipinski definition) is 1. The van der Waals surface area contributed by atoms with E-state index in [0.717, 1.165) is 15.9 Å². The molecule has 0 saturated carbocycles. The van der Waals surface area contributed by atoms with E-state index < -0.39 is 18.5 Å². The van der Waals surface area contributed by atoms with E-state index in [4.69, 9.17) is 51.1 Å². The standard InChI is InChI=1S/C21H13Cl4N3O3S/c1-10-12-8-17(32-20(12)28(27-10)16-5-3-2-4-13(16)23)21(30)31-9-18(29)26-19-14(24)6-11(22)7-15(19)25/h2-8H,9H2,1H3,(H,26,29). The SMILES string of the molecule is Cc1nn(-c2ccccc2Cl)c2sc(C(=O)OCC(=O)Nc3c(Cl)cc(Cl)cc3Cl)cc12. The zero-order chi connectivity index (χ0) is 23.0. The number of aryl methyl sites for hydroxylation is 1. The van der Waals surface area contributed by atoms with Crippen molar-refractivity contribution >= 4 is 85.5 Å². The van der Waals surface area contributed by atoms with E-state index in [1.807, 2.05) is 25.1 Å². The number of ether oxygens (including phenoxy) is 1. The smallest absolute Gasteiger partial charge is 0.348 e. The molecule has 0 spiro atoms. The predicted octanol–water partition coefficient (Wildman–Crippen LogP) is 6.80. The number of anilines is 1. The maximum Gasteiger partial charge on any atom is 0.348 e. The summed E-state index contributed by atoms with van der Waals surface area (Å²) in [5, 5.41) is 9.04. The van der Waals surface area contributed by atoms with Crippen molar-refractivity contribution < 1.29 is 14.3 Å². The third-order valence-corrected chi connectivity index (χ3v) is 6.66. The summed E-state index contributed by atoms with van der Waals surface area (Å²) in [7, 11) is 0. The minimum atomic E-state index is -0.639. The maximum absolute atomic E-state index is 12.6. The first-order valence-electron chi connectivity index (χ1n) is 9.10. The van der Waals surface area contributed by atoms with Gasteiger partial charge in [0.15, 0.2) is 6.61 Å². The van der Waals surface area contributed by atoms with Gasteiger partial charge in [0, 0.05) is 10.4 Å². The summed E-state index contributed by atoms with van der Waals surface area (Å²) < 4.78 is 6.85. The first-order valence-corrected chi connectivity index (χ1v) is 11.4. The van der Waals surface area contributed by atoms with Gasteiger partial charge in [0.2, 0.25) is 0 Å². The van der Waals surface area contributed by atoms with Crippen LogP contribution in [0.5, 0.6) is 0 Å². The molecule has 4 aromatic rings. The molecule has 2 aromatic heterocycles. The fourth-order valence-electron chi connectivity index (χ4n) is 2.97. The van der Waals surface area contributed by atoms with E-state index in [9.17, 15) is 9.59 Å². The molecule has 4 rings (SSSR count). The van der Waals surface area contributed by atoms with E-state index in [1.54, 1.807) is 16.8 Å². The van der Waals surface area contributed by atoms with E-state index in [2.05, 4.69) is 10.4 Å². The van der Waals surface area contributed by atoms with Crippen molar-refractivity contribution in [1.82, 2.24) is 9.78 Å². The number of benzene rings is 2. The lowest BCUT2D eigenvalue weighted by Gasteiger charge is -2.10. The van der Waals surface area contributed by atoms with Crippen LogP contribution in [0.1, 0.15) is 15.4 Å². The van der Waals surface area contributed by atoms with Crippen LogP contribution in [0.25, 0.3) is 15.9 Å². The Kier molecular flexibility index (Phi) is 6.65. The Bertz CT molecular complexity index is 1340. The van der Waals surface area contributed by atoms with Crippen molar-refractivity contribution in [2.75, 3.05) is 11.9 Å². The Labute approximate surface area is 206 Å². The second-order valence-electron chi connectivity index (χ2n) is 6.65. The summed E-state index contributed by atoms with van der Waals surface area (Å²) in [6.45, 7) is 1.32. The second kappa shape index (κ2) is 9.29. The first kappa shape index (κ1) is 22.9. The minimum Gasteiger partial charge on any atom is -0.451 e. The van der Waals surface area contributed by atoms with Gasteiger partial charge in [-0.05, 0) is 37.3 Å². The number of carbonyl (C=O) groups excluding carboxylic acids is 2. The number of amides is 1. The average Bonchev–Trinajstić information content (AvgIpc) is 3.30. The van der Waals surface area contributed by atoms with Gasteiger partial charge >= 0.3 is 5.97 Å². The number of aromatic nitrogens is 2. The second-order valence-corrected chi connectivity index (χ2v) is 9.34. The monoisotopic (exact) mass is 527 g/mol. The van der Waals surface area contributed by atoms with Crippen LogP contribution < -0.4 is 5.32 Å². The highest BCUT2D eigenvalue weighted by molar-refractivity contribution is 7.20. The van der Waals surface area contributed by atoms with Crippen LogP contribution in [0.15, 0.2) is 42.5 Å². The van der Waals surface area contributed by atoms with Crippen molar-refractivity contribution in [2.24, 2.45) is 0 Å². The summed E-state index contributed by atoms with van der Waals surface area (Å²) >= 11 is 25.5. The number of esters is 1. The molecule has 0 bridgehead atoms. The summed E-state index contributed by atoms with van der Waals surface area (Å²) in [6.07, 6.45) is 0. The molecule has 0 fully saturated rings. The molecule has 1 N–H and O–H groups in total. The predicted molar refractivity (Wildman–Crippen MR) is 129 cm³/mol. The van der Waals surface area contributed by atoms with Gasteiger partial charge in [0.25, 0.3) is 5.91 Å². The fourth-order valence-corrected chi connectivity index (χ4v) is 5.17. The molecule has 2 heterocycles. The van der Waals surface area contributed by atoms with Crippen LogP contribution in [-0.2, 0) is 9.53 Å². The molecule has 6 nitrogen and oxygen atoms in total. The van der Waals surface area contributed by atoms with E-state index in [0.29, 0.717) is 20.6 Å². The van der Waals surface area contributed by atoms with Crippen molar-refractivity contribution in [3.8, 4) is 5.69 Å². The zero-order valence-corrected chi connectivity index (χ0v) is 20.1. The highest BCUT2D eigenvalue weighted by Gasteiger charge is 2.20. The Hall–Kier alpha value is -2.29. The Morgan fingerprint density at radius 3 is 2.44 bits per heavy atom. The average molecular weight is 529 g/mol. The lowest BCUT2D eigenvalue weighted by Crippen LogP contribution is -2.21. The molecule has 0 aliphatic rings. The Morgan fingerprint density at radius 2 is 1.75 bits per heavy atom. The summed E-state index contributed by atoms with van der Waals surface area (Å²) in [6, 6.07) is 11.8.